The molecule has 0 aliphatic rings. The lowest BCUT2D eigenvalue weighted by atomic mass is 10.5. The third-order valence-corrected chi connectivity index (χ3v) is 1.76. The summed E-state index contributed by atoms with van der Waals surface area (Å²) in [6.07, 6.45) is 2.92. The molecule has 0 unspecified atom stereocenters. The Labute approximate surface area is 78.5 Å². The van der Waals surface area contributed by atoms with E-state index in [1.807, 2.05) is 0 Å². The number of hydrogen-bond donors (Lipinski definition) is 2. The summed E-state index contributed by atoms with van der Waals surface area (Å²) < 4.78 is 1.43. The lowest BCUT2D eigenvalue weighted by molar-refractivity contribution is 0.0691. The molecule has 6 nitrogen and oxygen atoms in total. The van der Waals surface area contributed by atoms with Gasteiger partial charge in [-0.1, -0.05) is 0 Å². The SMILES string of the molecule is Cc1cn2cc(C(=O)O)nc2c(O)n1. The van der Waals surface area contributed by atoms with Gasteiger partial charge >= 0.3 is 5.97 Å². The second-order valence-corrected chi connectivity index (χ2v) is 2.87. The summed E-state index contributed by atoms with van der Waals surface area (Å²) in [5, 5.41) is 18.0. The van der Waals surface area contributed by atoms with Crippen molar-refractivity contribution >= 4 is 11.6 Å². The summed E-state index contributed by atoms with van der Waals surface area (Å²) in [4.78, 5) is 18.0. The third kappa shape index (κ3) is 1.17. The van der Waals surface area contributed by atoms with E-state index < -0.39 is 5.97 Å². The van der Waals surface area contributed by atoms with Crippen LogP contribution >= 0.6 is 0 Å². The second kappa shape index (κ2) is 2.69. The molecule has 2 aromatic heterocycles. The van der Waals surface area contributed by atoms with Crippen molar-refractivity contribution < 1.29 is 15.0 Å². The summed E-state index contributed by atoms with van der Waals surface area (Å²) >= 11 is 0. The molecule has 0 aliphatic carbocycles. The molecular weight excluding hydrogens is 186 g/mol. The molecule has 0 spiro atoms. The largest absolute Gasteiger partial charge is 0.491 e. The molecule has 0 radical (unpaired) electrons. The minimum absolute atomic E-state index is 0.118. The number of aromatic nitrogens is 3. The topological polar surface area (TPSA) is 87.7 Å². The molecule has 0 atom stereocenters. The maximum atomic E-state index is 10.6. The molecule has 2 aromatic rings. The second-order valence-electron chi connectivity index (χ2n) is 2.87. The Balaban J connectivity index is 2.76. The number of aromatic hydroxyl groups is 1. The molecule has 2 N–H and O–H groups in total. The highest BCUT2D eigenvalue weighted by Gasteiger charge is 2.12. The Morgan fingerprint density at radius 3 is 2.79 bits per heavy atom. The van der Waals surface area contributed by atoms with E-state index in [1.165, 1.54) is 10.6 Å². The van der Waals surface area contributed by atoms with Crippen molar-refractivity contribution in [3.8, 4) is 5.88 Å². The van der Waals surface area contributed by atoms with Gasteiger partial charge in [0.1, 0.15) is 0 Å². The van der Waals surface area contributed by atoms with Crippen LogP contribution in [0.2, 0.25) is 0 Å². The van der Waals surface area contributed by atoms with Crippen molar-refractivity contribution in [2.24, 2.45) is 0 Å². The lowest BCUT2D eigenvalue weighted by Crippen LogP contribution is -1.94. The van der Waals surface area contributed by atoms with Crippen LogP contribution in [0.15, 0.2) is 12.4 Å². The molecule has 14 heavy (non-hydrogen) atoms. The van der Waals surface area contributed by atoms with Crippen LogP contribution in [0.4, 0.5) is 0 Å². The van der Waals surface area contributed by atoms with Gasteiger partial charge in [0.15, 0.2) is 5.69 Å². The first-order valence-electron chi connectivity index (χ1n) is 3.86. The van der Waals surface area contributed by atoms with Gasteiger partial charge < -0.3 is 10.2 Å². The quantitative estimate of drug-likeness (QED) is 0.686. The first-order chi connectivity index (χ1) is 6.58. The van der Waals surface area contributed by atoms with Crippen LogP contribution in [0.3, 0.4) is 0 Å². The fourth-order valence-electron chi connectivity index (χ4n) is 1.21. The molecular formula is C8H7N3O3. The molecule has 0 aromatic carbocycles. The smallest absolute Gasteiger partial charge is 0.356 e. The number of carboxylic acid groups (broad SMARTS) is 1. The monoisotopic (exact) mass is 193 g/mol. The van der Waals surface area contributed by atoms with Gasteiger partial charge in [-0.25, -0.2) is 14.8 Å². The van der Waals surface area contributed by atoms with E-state index in [0.29, 0.717) is 5.69 Å². The van der Waals surface area contributed by atoms with Gasteiger partial charge in [0.05, 0.1) is 5.69 Å². The van der Waals surface area contributed by atoms with Gasteiger partial charge in [-0.05, 0) is 6.92 Å². The maximum Gasteiger partial charge on any atom is 0.356 e. The zero-order valence-electron chi connectivity index (χ0n) is 7.30. The van der Waals surface area contributed by atoms with E-state index in [0.717, 1.165) is 0 Å². The van der Waals surface area contributed by atoms with Crippen molar-refractivity contribution in [1.29, 1.82) is 0 Å². The van der Waals surface area contributed by atoms with Crippen LogP contribution < -0.4 is 0 Å². The maximum absolute atomic E-state index is 10.6. The Morgan fingerprint density at radius 1 is 1.43 bits per heavy atom. The predicted molar refractivity (Wildman–Crippen MR) is 46.3 cm³/mol. The lowest BCUT2D eigenvalue weighted by Gasteiger charge is -1.96. The standard InChI is InChI=1S/C8H7N3O3/c1-4-2-11-3-5(8(13)14)10-6(11)7(12)9-4/h2-3H,1H3,(H,9,12)(H,13,14). The number of imidazole rings is 1. The summed E-state index contributed by atoms with van der Waals surface area (Å²) in [6.45, 7) is 1.69. The first kappa shape index (κ1) is 8.49. The van der Waals surface area contributed by atoms with Crippen LogP contribution in [0.1, 0.15) is 16.2 Å². The normalized spacial score (nSPS) is 10.6. The molecule has 2 heterocycles. The zero-order chi connectivity index (χ0) is 10.3. The molecule has 2 rings (SSSR count). The van der Waals surface area contributed by atoms with E-state index in [1.54, 1.807) is 13.1 Å². The van der Waals surface area contributed by atoms with Crippen LogP contribution in [0.25, 0.3) is 5.65 Å². The van der Waals surface area contributed by atoms with Gasteiger partial charge in [-0.15, -0.1) is 0 Å². The van der Waals surface area contributed by atoms with Crippen LogP contribution in [0, 0.1) is 6.92 Å². The summed E-state index contributed by atoms with van der Waals surface area (Å²) in [6, 6.07) is 0. The number of carboxylic acids is 1. The molecule has 0 saturated carbocycles. The summed E-state index contributed by atoms with van der Waals surface area (Å²) in [7, 11) is 0. The van der Waals surface area contributed by atoms with Gasteiger partial charge in [0.25, 0.3) is 5.88 Å². The number of rotatable bonds is 1. The number of fused-ring (bicyclic) bond motifs is 1. The molecule has 72 valence electrons. The molecule has 0 bridgehead atoms. The molecule has 0 fully saturated rings. The van der Waals surface area contributed by atoms with Crippen LogP contribution in [0.5, 0.6) is 5.88 Å². The molecule has 6 heteroatoms. The minimum atomic E-state index is -1.13. The van der Waals surface area contributed by atoms with E-state index in [4.69, 9.17) is 5.11 Å². The fraction of sp³-hybridized carbons (Fsp3) is 0.125. The number of aromatic carboxylic acids is 1. The average Bonchev–Trinajstić information content (AvgIpc) is 2.47. The highest BCUT2D eigenvalue weighted by molar-refractivity contribution is 5.86. The number of nitrogens with zero attached hydrogens (tertiary/aromatic N) is 3. The van der Waals surface area contributed by atoms with Gasteiger partial charge in [0, 0.05) is 12.4 Å². The van der Waals surface area contributed by atoms with E-state index in [2.05, 4.69) is 9.97 Å². The van der Waals surface area contributed by atoms with Gasteiger partial charge in [0.2, 0.25) is 5.65 Å². The number of carbonyl (C=O) groups is 1. The van der Waals surface area contributed by atoms with Crippen LogP contribution in [-0.2, 0) is 0 Å². The summed E-state index contributed by atoms with van der Waals surface area (Å²) in [5.74, 6) is -1.40. The Morgan fingerprint density at radius 2 is 2.14 bits per heavy atom. The van der Waals surface area contributed by atoms with E-state index in [-0.39, 0.29) is 17.2 Å². The van der Waals surface area contributed by atoms with Crippen molar-refractivity contribution in [3.63, 3.8) is 0 Å². The molecule has 0 amide bonds. The first-order valence-corrected chi connectivity index (χ1v) is 3.86. The van der Waals surface area contributed by atoms with Crippen molar-refractivity contribution in [2.45, 2.75) is 6.92 Å². The van der Waals surface area contributed by atoms with Gasteiger partial charge in [-0.3, -0.25) is 4.40 Å². The fourth-order valence-corrected chi connectivity index (χ4v) is 1.21. The highest BCUT2D eigenvalue weighted by atomic mass is 16.4. The third-order valence-electron chi connectivity index (χ3n) is 1.76. The highest BCUT2D eigenvalue weighted by Crippen LogP contribution is 2.15. The van der Waals surface area contributed by atoms with Gasteiger partial charge in [-0.2, -0.15) is 0 Å². The Hall–Kier alpha value is -2.11. The minimum Gasteiger partial charge on any atom is -0.491 e. The number of aryl methyl sites for hydroxylation is 1. The zero-order valence-corrected chi connectivity index (χ0v) is 7.30. The van der Waals surface area contributed by atoms with Crippen LogP contribution in [-0.4, -0.2) is 30.6 Å². The van der Waals surface area contributed by atoms with E-state index in [9.17, 15) is 9.90 Å². The Bertz CT molecular complexity index is 518. The summed E-state index contributed by atoms with van der Waals surface area (Å²) in [5.41, 5.74) is 0.616. The molecule has 0 saturated heterocycles. The average molecular weight is 193 g/mol. The van der Waals surface area contributed by atoms with E-state index >= 15 is 0 Å². The van der Waals surface area contributed by atoms with Crippen molar-refractivity contribution in [3.05, 3.63) is 23.8 Å². The number of hydrogen-bond acceptors (Lipinski definition) is 4. The van der Waals surface area contributed by atoms with Crippen molar-refractivity contribution in [2.75, 3.05) is 0 Å². The molecule has 0 aliphatic heterocycles. The Kier molecular flexibility index (Phi) is 1.63. The van der Waals surface area contributed by atoms with Crippen molar-refractivity contribution in [1.82, 2.24) is 14.4 Å². The predicted octanol–water partition coefficient (Wildman–Crippen LogP) is 0.442.